The highest BCUT2D eigenvalue weighted by Gasteiger charge is 2.19. The lowest BCUT2D eigenvalue weighted by molar-refractivity contribution is -0.120. The molecule has 0 aromatic heterocycles. The molecule has 1 aliphatic rings. The highest BCUT2D eigenvalue weighted by Crippen LogP contribution is 2.21. The van der Waals surface area contributed by atoms with Crippen molar-refractivity contribution in [2.75, 3.05) is 31.1 Å². The molecule has 0 saturated carbocycles. The van der Waals surface area contributed by atoms with Crippen LogP contribution in [0.2, 0.25) is 0 Å². The van der Waals surface area contributed by atoms with Gasteiger partial charge in [0.2, 0.25) is 5.91 Å². The van der Waals surface area contributed by atoms with E-state index in [1.165, 1.54) is 0 Å². The zero-order valence-electron chi connectivity index (χ0n) is 12.1. The van der Waals surface area contributed by atoms with Crippen molar-refractivity contribution in [3.8, 4) is 0 Å². The lowest BCUT2D eigenvalue weighted by atomic mass is 10.1. The Bertz CT molecular complexity index is 476. The summed E-state index contributed by atoms with van der Waals surface area (Å²) in [5, 5.41) is 6.03. The SMILES string of the molecule is CC(C)CNCc1ccc(N2CCNC(=O)C2)c(F)c1. The molecule has 4 nitrogen and oxygen atoms in total. The summed E-state index contributed by atoms with van der Waals surface area (Å²) in [5.74, 6) is 0.257. The molecule has 2 N–H and O–H groups in total. The molecule has 1 heterocycles. The van der Waals surface area contributed by atoms with Crippen LogP contribution in [-0.2, 0) is 11.3 Å². The molecular formula is C15H22FN3O. The first-order chi connectivity index (χ1) is 9.56. The van der Waals surface area contributed by atoms with Crippen LogP contribution in [0.1, 0.15) is 19.4 Å². The Morgan fingerprint density at radius 3 is 2.90 bits per heavy atom. The monoisotopic (exact) mass is 279 g/mol. The summed E-state index contributed by atoms with van der Waals surface area (Å²) in [4.78, 5) is 13.1. The van der Waals surface area contributed by atoms with Crippen LogP contribution in [0.3, 0.4) is 0 Å². The molecule has 2 rings (SSSR count). The first kappa shape index (κ1) is 14.8. The summed E-state index contributed by atoms with van der Waals surface area (Å²) in [7, 11) is 0. The molecule has 5 heteroatoms. The van der Waals surface area contributed by atoms with Crippen LogP contribution in [0.25, 0.3) is 0 Å². The molecule has 0 unspecified atom stereocenters. The normalized spacial score (nSPS) is 15.6. The average molecular weight is 279 g/mol. The summed E-state index contributed by atoms with van der Waals surface area (Å²) < 4.78 is 14.1. The maximum Gasteiger partial charge on any atom is 0.239 e. The molecule has 1 saturated heterocycles. The number of hydrogen-bond donors (Lipinski definition) is 2. The smallest absolute Gasteiger partial charge is 0.239 e. The van der Waals surface area contributed by atoms with Gasteiger partial charge in [-0.05, 0) is 30.2 Å². The van der Waals surface area contributed by atoms with Gasteiger partial charge in [0.1, 0.15) is 5.82 Å². The van der Waals surface area contributed by atoms with Gasteiger partial charge in [0, 0.05) is 19.6 Å². The van der Waals surface area contributed by atoms with Crippen LogP contribution < -0.4 is 15.5 Å². The van der Waals surface area contributed by atoms with Gasteiger partial charge in [-0.2, -0.15) is 0 Å². The van der Waals surface area contributed by atoms with Gasteiger partial charge in [0.05, 0.1) is 12.2 Å². The summed E-state index contributed by atoms with van der Waals surface area (Å²) in [5.41, 5.74) is 1.43. The zero-order chi connectivity index (χ0) is 14.5. The molecular weight excluding hydrogens is 257 g/mol. The van der Waals surface area contributed by atoms with Crippen molar-refractivity contribution in [2.24, 2.45) is 5.92 Å². The highest BCUT2D eigenvalue weighted by molar-refractivity contribution is 5.82. The van der Waals surface area contributed by atoms with Crippen molar-refractivity contribution in [1.82, 2.24) is 10.6 Å². The number of halogens is 1. The minimum atomic E-state index is -0.261. The summed E-state index contributed by atoms with van der Waals surface area (Å²) >= 11 is 0. The van der Waals surface area contributed by atoms with E-state index in [9.17, 15) is 9.18 Å². The van der Waals surface area contributed by atoms with Gasteiger partial charge >= 0.3 is 0 Å². The fourth-order valence-corrected chi connectivity index (χ4v) is 2.27. The van der Waals surface area contributed by atoms with Gasteiger partial charge < -0.3 is 15.5 Å². The minimum Gasteiger partial charge on any atom is -0.358 e. The van der Waals surface area contributed by atoms with Crippen molar-refractivity contribution >= 4 is 11.6 Å². The van der Waals surface area contributed by atoms with Crippen LogP contribution in [0, 0.1) is 11.7 Å². The summed E-state index contributed by atoms with van der Waals surface area (Å²) in [6.45, 7) is 7.28. The number of anilines is 1. The van der Waals surface area contributed by atoms with Crippen LogP contribution in [0.4, 0.5) is 10.1 Å². The van der Waals surface area contributed by atoms with E-state index < -0.39 is 0 Å². The topological polar surface area (TPSA) is 44.4 Å². The fraction of sp³-hybridized carbons (Fsp3) is 0.533. The Hall–Kier alpha value is -1.62. The number of benzene rings is 1. The Morgan fingerprint density at radius 1 is 1.45 bits per heavy atom. The summed E-state index contributed by atoms with van der Waals surface area (Å²) in [6.07, 6.45) is 0. The van der Waals surface area contributed by atoms with Crippen LogP contribution in [0.15, 0.2) is 18.2 Å². The average Bonchev–Trinajstić information content (AvgIpc) is 2.38. The first-order valence-electron chi connectivity index (χ1n) is 7.07. The van der Waals surface area contributed by atoms with Gasteiger partial charge in [-0.25, -0.2) is 4.39 Å². The number of hydrogen-bond acceptors (Lipinski definition) is 3. The third-order valence-electron chi connectivity index (χ3n) is 3.27. The fourth-order valence-electron chi connectivity index (χ4n) is 2.27. The van der Waals surface area contributed by atoms with Crippen LogP contribution in [-0.4, -0.2) is 32.1 Å². The molecule has 0 atom stereocenters. The maximum atomic E-state index is 14.1. The lowest BCUT2D eigenvalue weighted by Crippen LogP contribution is -2.48. The van der Waals surface area contributed by atoms with E-state index in [1.807, 2.05) is 6.07 Å². The number of amides is 1. The Labute approximate surface area is 119 Å². The number of carbonyl (C=O) groups excluding carboxylic acids is 1. The van der Waals surface area contributed by atoms with E-state index >= 15 is 0 Å². The van der Waals surface area contributed by atoms with Crippen LogP contribution >= 0.6 is 0 Å². The maximum absolute atomic E-state index is 14.1. The minimum absolute atomic E-state index is 0.0571. The standard InChI is InChI=1S/C15H22FN3O/c1-11(2)8-17-9-12-3-4-14(13(16)7-12)19-6-5-18-15(20)10-19/h3-4,7,11,17H,5-6,8-10H2,1-2H3,(H,18,20). The van der Waals surface area contributed by atoms with Crippen molar-refractivity contribution in [3.63, 3.8) is 0 Å². The highest BCUT2D eigenvalue weighted by atomic mass is 19.1. The number of piperazine rings is 1. The quantitative estimate of drug-likeness (QED) is 0.858. The molecule has 0 bridgehead atoms. The molecule has 110 valence electrons. The van der Waals surface area contributed by atoms with Crippen molar-refractivity contribution in [1.29, 1.82) is 0 Å². The Balaban J connectivity index is 2.00. The van der Waals surface area contributed by atoms with Crippen molar-refractivity contribution in [3.05, 3.63) is 29.6 Å². The van der Waals surface area contributed by atoms with E-state index in [0.29, 0.717) is 31.2 Å². The molecule has 1 aliphatic heterocycles. The zero-order valence-corrected chi connectivity index (χ0v) is 12.1. The first-order valence-corrected chi connectivity index (χ1v) is 7.07. The van der Waals surface area contributed by atoms with Gasteiger partial charge in [0.25, 0.3) is 0 Å². The van der Waals surface area contributed by atoms with Gasteiger partial charge in [-0.3, -0.25) is 4.79 Å². The molecule has 20 heavy (non-hydrogen) atoms. The van der Waals surface area contributed by atoms with E-state index in [2.05, 4.69) is 24.5 Å². The molecule has 0 aliphatic carbocycles. The number of nitrogens with one attached hydrogen (secondary N) is 2. The predicted octanol–water partition coefficient (Wildman–Crippen LogP) is 1.51. The van der Waals surface area contributed by atoms with E-state index in [-0.39, 0.29) is 18.3 Å². The Kier molecular flexibility index (Phi) is 4.95. The van der Waals surface area contributed by atoms with Gasteiger partial charge in [-0.15, -0.1) is 0 Å². The second-order valence-electron chi connectivity index (χ2n) is 5.58. The second-order valence-corrected chi connectivity index (χ2v) is 5.58. The molecule has 0 spiro atoms. The third kappa shape index (κ3) is 3.93. The Morgan fingerprint density at radius 2 is 2.25 bits per heavy atom. The summed E-state index contributed by atoms with van der Waals surface area (Å²) in [6, 6.07) is 5.23. The van der Waals surface area contributed by atoms with E-state index in [1.54, 1.807) is 17.0 Å². The third-order valence-corrected chi connectivity index (χ3v) is 3.27. The largest absolute Gasteiger partial charge is 0.358 e. The lowest BCUT2D eigenvalue weighted by Gasteiger charge is -2.29. The number of carbonyl (C=O) groups is 1. The van der Waals surface area contributed by atoms with Crippen molar-refractivity contribution < 1.29 is 9.18 Å². The van der Waals surface area contributed by atoms with E-state index in [4.69, 9.17) is 0 Å². The van der Waals surface area contributed by atoms with Gasteiger partial charge in [0.15, 0.2) is 0 Å². The molecule has 0 radical (unpaired) electrons. The van der Waals surface area contributed by atoms with Crippen LogP contribution in [0.5, 0.6) is 0 Å². The van der Waals surface area contributed by atoms with E-state index in [0.717, 1.165) is 12.1 Å². The molecule has 1 aromatic carbocycles. The van der Waals surface area contributed by atoms with Gasteiger partial charge in [-0.1, -0.05) is 19.9 Å². The number of rotatable bonds is 5. The second kappa shape index (κ2) is 6.70. The molecule has 1 amide bonds. The molecule has 1 fully saturated rings. The predicted molar refractivity (Wildman–Crippen MR) is 78.2 cm³/mol. The number of nitrogens with zero attached hydrogens (tertiary/aromatic N) is 1. The molecule has 1 aromatic rings. The van der Waals surface area contributed by atoms with Crippen molar-refractivity contribution in [2.45, 2.75) is 20.4 Å².